The van der Waals surface area contributed by atoms with E-state index in [4.69, 9.17) is 0 Å². The minimum atomic E-state index is -1.05. The maximum atomic E-state index is 13.3. The van der Waals surface area contributed by atoms with Gasteiger partial charge in [-0.1, -0.05) is 17.7 Å². The van der Waals surface area contributed by atoms with Gasteiger partial charge in [-0.2, -0.15) is 0 Å². The zero-order chi connectivity index (χ0) is 17.2. The number of carbonyl (C=O) groups excluding carboxylic acids is 2. The SMILES string of the molecule is CC(C)=CCN1C(=O)N[C@@](c2ccccn2)(C2CCNCC2)C1=O. The summed E-state index contributed by atoms with van der Waals surface area (Å²) in [6.45, 7) is 5.90. The van der Waals surface area contributed by atoms with Crippen LogP contribution in [0.1, 0.15) is 32.4 Å². The first kappa shape index (κ1) is 16.6. The van der Waals surface area contributed by atoms with Crippen molar-refractivity contribution in [1.29, 1.82) is 0 Å². The molecule has 2 fully saturated rings. The number of imide groups is 1. The number of urea groups is 1. The highest BCUT2D eigenvalue weighted by Gasteiger charge is 2.57. The number of piperidine rings is 1. The normalized spacial score (nSPS) is 24.8. The summed E-state index contributed by atoms with van der Waals surface area (Å²) < 4.78 is 0. The molecule has 2 aliphatic rings. The number of hydrogen-bond acceptors (Lipinski definition) is 4. The lowest BCUT2D eigenvalue weighted by Gasteiger charge is -2.37. The number of allylic oxidation sites excluding steroid dienone is 1. The van der Waals surface area contributed by atoms with E-state index in [1.54, 1.807) is 6.20 Å². The van der Waals surface area contributed by atoms with Crippen LogP contribution in [0.15, 0.2) is 36.0 Å². The second kappa shape index (κ2) is 6.73. The van der Waals surface area contributed by atoms with E-state index in [9.17, 15) is 9.59 Å². The number of hydrogen-bond donors (Lipinski definition) is 2. The minimum Gasteiger partial charge on any atom is -0.318 e. The lowest BCUT2D eigenvalue weighted by atomic mass is 9.75. The molecular weight excluding hydrogens is 304 g/mol. The summed E-state index contributed by atoms with van der Waals surface area (Å²) in [6.07, 6.45) is 5.24. The van der Waals surface area contributed by atoms with Crippen LogP contribution in [0.25, 0.3) is 0 Å². The molecule has 3 rings (SSSR count). The first-order valence-corrected chi connectivity index (χ1v) is 8.45. The Morgan fingerprint density at radius 3 is 2.71 bits per heavy atom. The largest absolute Gasteiger partial charge is 0.325 e. The average molecular weight is 328 g/mol. The lowest BCUT2D eigenvalue weighted by Crippen LogP contribution is -2.53. The average Bonchev–Trinajstić information content (AvgIpc) is 2.86. The van der Waals surface area contributed by atoms with Crippen molar-refractivity contribution in [2.45, 2.75) is 32.2 Å². The third kappa shape index (κ3) is 2.82. The predicted molar refractivity (Wildman–Crippen MR) is 91.2 cm³/mol. The second-order valence-electron chi connectivity index (χ2n) is 6.67. The lowest BCUT2D eigenvalue weighted by molar-refractivity contribution is -0.134. The Morgan fingerprint density at radius 2 is 2.08 bits per heavy atom. The molecule has 3 heterocycles. The third-order valence-electron chi connectivity index (χ3n) is 4.83. The summed E-state index contributed by atoms with van der Waals surface area (Å²) in [5.74, 6) is -0.141. The van der Waals surface area contributed by atoms with Crippen molar-refractivity contribution in [3.05, 3.63) is 41.7 Å². The monoisotopic (exact) mass is 328 g/mol. The van der Waals surface area contributed by atoms with Gasteiger partial charge >= 0.3 is 6.03 Å². The van der Waals surface area contributed by atoms with Crippen molar-refractivity contribution in [3.63, 3.8) is 0 Å². The van der Waals surface area contributed by atoms with Crippen molar-refractivity contribution in [3.8, 4) is 0 Å². The number of nitrogens with one attached hydrogen (secondary N) is 2. The fourth-order valence-electron chi connectivity index (χ4n) is 3.54. The summed E-state index contributed by atoms with van der Waals surface area (Å²) >= 11 is 0. The van der Waals surface area contributed by atoms with E-state index in [2.05, 4.69) is 15.6 Å². The Labute approximate surface area is 142 Å². The maximum Gasteiger partial charge on any atom is 0.325 e. The fourth-order valence-corrected chi connectivity index (χ4v) is 3.54. The molecule has 2 N–H and O–H groups in total. The van der Waals surface area contributed by atoms with E-state index in [0.717, 1.165) is 31.5 Å². The molecule has 0 aliphatic carbocycles. The van der Waals surface area contributed by atoms with Gasteiger partial charge in [0.05, 0.1) is 5.69 Å². The van der Waals surface area contributed by atoms with E-state index in [1.165, 1.54) is 4.90 Å². The molecule has 6 heteroatoms. The fraction of sp³-hybridized carbons (Fsp3) is 0.500. The van der Waals surface area contributed by atoms with Crippen molar-refractivity contribution >= 4 is 11.9 Å². The van der Waals surface area contributed by atoms with Gasteiger partial charge in [-0.3, -0.25) is 14.7 Å². The van der Waals surface area contributed by atoms with Crippen molar-refractivity contribution < 1.29 is 9.59 Å². The molecule has 0 aromatic carbocycles. The third-order valence-corrected chi connectivity index (χ3v) is 4.83. The molecule has 0 spiro atoms. The molecule has 2 saturated heterocycles. The number of pyridine rings is 1. The highest BCUT2D eigenvalue weighted by molar-refractivity contribution is 6.07. The summed E-state index contributed by atoms with van der Waals surface area (Å²) in [5, 5.41) is 6.31. The van der Waals surface area contributed by atoms with Crippen LogP contribution in [0.5, 0.6) is 0 Å². The molecule has 0 unspecified atom stereocenters. The van der Waals surface area contributed by atoms with Crippen molar-refractivity contribution in [2.75, 3.05) is 19.6 Å². The number of rotatable bonds is 4. The quantitative estimate of drug-likeness (QED) is 0.653. The van der Waals surface area contributed by atoms with Gasteiger partial charge in [0, 0.05) is 12.7 Å². The van der Waals surface area contributed by atoms with Crippen molar-refractivity contribution in [1.82, 2.24) is 20.5 Å². The van der Waals surface area contributed by atoms with Crippen LogP contribution in [0, 0.1) is 5.92 Å². The predicted octanol–water partition coefficient (Wildman–Crippen LogP) is 1.79. The summed E-state index contributed by atoms with van der Waals surface area (Å²) in [7, 11) is 0. The van der Waals surface area contributed by atoms with Gasteiger partial charge in [0.15, 0.2) is 5.54 Å². The highest BCUT2D eigenvalue weighted by atomic mass is 16.2. The summed E-state index contributed by atoms with van der Waals surface area (Å²) in [6, 6.07) is 5.19. The van der Waals surface area contributed by atoms with Gasteiger partial charge < -0.3 is 10.6 Å². The summed E-state index contributed by atoms with van der Waals surface area (Å²) in [5.41, 5.74) is 0.665. The van der Waals surface area contributed by atoms with Crippen LogP contribution < -0.4 is 10.6 Å². The van der Waals surface area contributed by atoms with Gasteiger partial charge in [-0.05, 0) is 57.8 Å². The first-order chi connectivity index (χ1) is 11.6. The van der Waals surface area contributed by atoms with Crippen LogP contribution in [0.3, 0.4) is 0 Å². The topological polar surface area (TPSA) is 74.3 Å². The van der Waals surface area contributed by atoms with Gasteiger partial charge in [-0.15, -0.1) is 0 Å². The molecule has 0 saturated carbocycles. The van der Waals surface area contributed by atoms with E-state index in [0.29, 0.717) is 12.2 Å². The molecular formula is C18H24N4O2. The minimum absolute atomic E-state index is 0.0433. The summed E-state index contributed by atoms with van der Waals surface area (Å²) in [4.78, 5) is 31.6. The molecule has 3 amide bonds. The van der Waals surface area contributed by atoms with Crippen LogP contribution in [-0.4, -0.2) is 41.5 Å². The zero-order valence-electron chi connectivity index (χ0n) is 14.2. The molecule has 1 aromatic heterocycles. The molecule has 24 heavy (non-hydrogen) atoms. The Bertz CT molecular complexity index is 648. The van der Waals surface area contributed by atoms with Crippen molar-refractivity contribution in [2.24, 2.45) is 5.92 Å². The van der Waals surface area contributed by atoms with Gasteiger partial charge in [-0.25, -0.2) is 4.79 Å². The molecule has 1 aromatic rings. The molecule has 6 nitrogen and oxygen atoms in total. The molecule has 128 valence electrons. The van der Waals surface area contributed by atoms with Crippen LogP contribution in [-0.2, 0) is 10.3 Å². The standard InChI is InChI=1S/C18H24N4O2/c1-13(2)8-12-22-16(23)18(21-17(22)24,14-6-10-19-11-7-14)15-5-3-4-9-20-15/h3-5,8-9,14,19H,6-7,10-12H2,1-2H3,(H,21,24)/t18-/m1/s1. The van der Waals surface area contributed by atoms with Crippen LogP contribution in [0.4, 0.5) is 4.79 Å². The van der Waals surface area contributed by atoms with Gasteiger partial charge in [0.2, 0.25) is 0 Å². The Kier molecular flexibility index (Phi) is 4.66. The number of amides is 3. The Balaban J connectivity index is 2.01. The Hall–Kier alpha value is -2.21. The Morgan fingerprint density at radius 1 is 1.33 bits per heavy atom. The maximum absolute atomic E-state index is 13.3. The molecule has 2 aliphatic heterocycles. The number of aromatic nitrogens is 1. The van der Waals surface area contributed by atoms with Crippen LogP contribution in [0.2, 0.25) is 0 Å². The van der Waals surface area contributed by atoms with E-state index in [-0.39, 0.29) is 17.9 Å². The van der Waals surface area contributed by atoms with E-state index in [1.807, 2.05) is 38.1 Å². The highest BCUT2D eigenvalue weighted by Crippen LogP contribution is 2.39. The van der Waals surface area contributed by atoms with Crippen LogP contribution >= 0.6 is 0 Å². The number of carbonyl (C=O) groups is 2. The molecule has 0 radical (unpaired) electrons. The van der Waals surface area contributed by atoms with E-state index >= 15 is 0 Å². The first-order valence-electron chi connectivity index (χ1n) is 8.45. The number of nitrogens with zero attached hydrogens (tertiary/aromatic N) is 2. The smallest absolute Gasteiger partial charge is 0.318 e. The second-order valence-corrected chi connectivity index (χ2v) is 6.67. The zero-order valence-corrected chi connectivity index (χ0v) is 14.2. The van der Waals surface area contributed by atoms with E-state index < -0.39 is 5.54 Å². The molecule has 1 atom stereocenters. The molecule has 0 bridgehead atoms. The van der Waals surface area contributed by atoms with Gasteiger partial charge in [0.25, 0.3) is 5.91 Å². The van der Waals surface area contributed by atoms with Gasteiger partial charge in [0.1, 0.15) is 0 Å².